The number of rotatable bonds is 9. The molecule has 9 heteroatoms. The number of amides is 3. The predicted octanol–water partition coefficient (Wildman–Crippen LogP) is 2.71. The summed E-state index contributed by atoms with van der Waals surface area (Å²) in [4.78, 5) is 47.4. The maximum atomic E-state index is 12.3. The molecule has 0 aromatic heterocycles. The Kier molecular flexibility index (Phi) is 8.76. The zero-order valence-electron chi connectivity index (χ0n) is 18.5. The summed E-state index contributed by atoms with van der Waals surface area (Å²) in [5.74, 6) is -1.39. The second kappa shape index (κ2) is 11.5. The molecule has 0 aliphatic heterocycles. The molecule has 0 heterocycles. The molecule has 2 aromatic rings. The fourth-order valence-corrected chi connectivity index (χ4v) is 2.94. The zero-order valence-corrected chi connectivity index (χ0v) is 18.5. The van der Waals surface area contributed by atoms with Gasteiger partial charge < -0.3 is 25.4 Å². The van der Waals surface area contributed by atoms with E-state index in [9.17, 15) is 19.2 Å². The third-order valence-corrected chi connectivity index (χ3v) is 4.39. The number of benzene rings is 2. The Balaban J connectivity index is 1.98. The van der Waals surface area contributed by atoms with Gasteiger partial charge in [0.2, 0.25) is 11.8 Å². The van der Waals surface area contributed by atoms with Gasteiger partial charge in [0.25, 0.3) is 5.91 Å². The smallest absolute Gasteiger partial charge is 0.308 e. The van der Waals surface area contributed by atoms with Crippen molar-refractivity contribution < 1.29 is 28.7 Å². The molecule has 0 radical (unpaired) electrons. The topological polar surface area (TPSA) is 123 Å². The summed E-state index contributed by atoms with van der Waals surface area (Å²) in [6, 6.07) is 11.6. The van der Waals surface area contributed by atoms with E-state index in [0.29, 0.717) is 17.1 Å². The van der Waals surface area contributed by atoms with Crippen molar-refractivity contribution in [1.82, 2.24) is 5.32 Å². The van der Waals surface area contributed by atoms with Crippen LogP contribution in [0.5, 0.6) is 5.75 Å². The van der Waals surface area contributed by atoms with Crippen molar-refractivity contribution in [2.45, 2.75) is 33.2 Å². The summed E-state index contributed by atoms with van der Waals surface area (Å²) in [6.45, 7) is 4.15. The maximum absolute atomic E-state index is 12.3. The first-order valence-electron chi connectivity index (χ1n) is 9.92. The number of carbonyl (C=O) groups excluding carboxylic acids is 4. The largest absolute Gasteiger partial charge is 0.495 e. The van der Waals surface area contributed by atoms with Crippen LogP contribution in [-0.4, -0.2) is 37.4 Å². The van der Waals surface area contributed by atoms with Gasteiger partial charge in [0.1, 0.15) is 5.75 Å². The summed E-state index contributed by atoms with van der Waals surface area (Å²) >= 11 is 0. The van der Waals surface area contributed by atoms with Gasteiger partial charge in [-0.25, -0.2) is 0 Å². The van der Waals surface area contributed by atoms with Crippen LogP contribution in [0.1, 0.15) is 37.4 Å². The van der Waals surface area contributed by atoms with Crippen LogP contribution < -0.4 is 20.7 Å². The summed E-state index contributed by atoms with van der Waals surface area (Å²) in [5.41, 5.74) is 2.59. The van der Waals surface area contributed by atoms with Crippen molar-refractivity contribution in [2.24, 2.45) is 0 Å². The Morgan fingerprint density at radius 1 is 0.938 bits per heavy atom. The van der Waals surface area contributed by atoms with Gasteiger partial charge in [0, 0.05) is 19.5 Å². The highest BCUT2D eigenvalue weighted by atomic mass is 16.5. The minimum atomic E-state index is -0.640. The molecule has 0 aliphatic rings. The van der Waals surface area contributed by atoms with Crippen molar-refractivity contribution in [3.8, 4) is 5.75 Å². The summed E-state index contributed by atoms with van der Waals surface area (Å²) in [5, 5.41) is 7.92. The number of ether oxygens (including phenoxy) is 2. The lowest BCUT2D eigenvalue weighted by atomic mass is 10.0. The lowest BCUT2D eigenvalue weighted by Crippen LogP contribution is -2.29. The number of hydrogen-bond donors (Lipinski definition) is 3. The van der Waals surface area contributed by atoms with Crippen LogP contribution in [-0.2, 0) is 23.9 Å². The predicted molar refractivity (Wildman–Crippen MR) is 119 cm³/mol. The van der Waals surface area contributed by atoms with E-state index in [-0.39, 0.29) is 18.2 Å². The van der Waals surface area contributed by atoms with Crippen molar-refractivity contribution in [1.29, 1.82) is 0 Å². The van der Waals surface area contributed by atoms with Gasteiger partial charge >= 0.3 is 5.97 Å². The van der Waals surface area contributed by atoms with Crippen molar-refractivity contribution in [2.75, 3.05) is 24.4 Å². The van der Waals surface area contributed by atoms with E-state index >= 15 is 0 Å². The Morgan fingerprint density at radius 3 is 2.22 bits per heavy atom. The average Bonchev–Trinajstić information content (AvgIpc) is 2.72. The molecule has 32 heavy (non-hydrogen) atoms. The molecule has 170 valence electrons. The molecule has 1 unspecified atom stereocenters. The maximum Gasteiger partial charge on any atom is 0.308 e. The highest BCUT2D eigenvalue weighted by Crippen LogP contribution is 2.28. The summed E-state index contributed by atoms with van der Waals surface area (Å²) < 4.78 is 10.3. The third kappa shape index (κ3) is 7.75. The standard InChI is InChI=1S/C23H27N3O6/c1-14-5-7-17(8-6-14)19(25-16(3)28)12-23(30)32-13-22(29)26-20-11-18(24-15(2)27)9-10-21(20)31-4/h5-11,19H,12-13H2,1-4H3,(H,24,27)(H,25,28)(H,26,29). The highest BCUT2D eigenvalue weighted by Gasteiger charge is 2.19. The molecule has 0 spiro atoms. The van der Waals surface area contributed by atoms with Gasteiger partial charge in [-0.05, 0) is 30.7 Å². The molecule has 1 atom stereocenters. The number of esters is 1. The van der Waals surface area contributed by atoms with Crippen molar-refractivity contribution in [3.05, 3.63) is 53.6 Å². The number of hydrogen-bond acceptors (Lipinski definition) is 6. The van der Waals surface area contributed by atoms with Crippen LogP contribution in [0.2, 0.25) is 0 Å². The Labute approximate surface area is 186 Å². The van der Waals surface area contributed by atoms with Gasteiger partial charge in [0.15, 0.2) is 6.61 Å². The highest BCUT2D eigenvalue weighted by molar-refractivity contribution is 5.96. The Bertz CT molecular complexity index is 988. The van der Waals surface area contributed by atoms with Gasteiger partial charge in [-0.15, -0.1) is 0 Å². The van der Waals surface area contributed by atoms with Crippen LogP contribution >= 0.6 is 0 Å². The molecule has 0 bridgehead atoms. The Morgan fingerprint density at radius 2 is 1.62 bits per heavy atom. The molecule has 2 rings (SSSR count). The van der Waals surface area contributed by atoms with Crippen LogP contribution in [0.25, 0.3) is 0 Å². The van der Waals surface area contributed by atoms with E-state index in [2.05, 4.69) is 16.0 Å². The molecule has 0 saturated heterocycles. The second-order valence-electron chi connectivity index (χ2n) is 7.17. The third-order valence-electron chi connectivity index (χ3n) is 4.39. The van der Waals surface area contributed by atoms with Crippen LogP contribution in [0, 0.1) is 6.92 Å². The zero-order chi connectivity index (χ0) is 23.7. The Hall–Kier alpha value is -3.88. The first-order valence-corrected chi connectivity index (χ1v) is 9.92. The van der Waals surface area contributed by atoms with E-state index in [1.54, 1.807) is 12.1 Å². The van der Waals surface area contributed by atoms with E-state index in [4.69, 9.17) is 9.47 Å². The van der Waals surface area contributed by atoms with E-state index in [0.717, 1.165) is 11.1 Å². The van der Waals surface area contributed by atoms with Crippen molar-refractivity contribution in [3.63, 3.8) is 0 Å². The van der Waals surface area contributed by atoms with Crippen LogP contribution in [0.15, 0.2) is 42.5 Å². The van der Waals surface area contributed by atoms with E-state index < -0.39 is 24.5 Å². The minimum Gasteiger partial charge on any atom is -0.495 e. The van der Waals surface area contributed by atoms with Crippen LogP contribution in [0.3, 0.4) is 0 Å². The summed E-state index contributed by atoms with van der Waals surface area (Å²) in [6.07, 6.45) is -0.128. The van der Waals surface area contributed by atoms with E-state index in [1.165, 1.54) is 27.0 Å². The first kappa shape index (κ1) is 24.4. The number of nitrogens with one attached hydrogen (secondary N) is 3. The SMILES string of the molecule is COc1ccc(NC(C)=O)cc1NC(=O)COC(=O)CC(NC(C)=O)c1ccc(C)cc1. The van der Waals surface area contributed by atoms with Gasteiger partial charge in [-0.3, -0.25) is 19.2 Å². The molecule has 0 saturated carbocycles. The van der Waals surface area contributed by atoms with Crippen LogP contribution in [0.4, 0.5) is 11.4 Å². The number of carbonyl (C=O) groups is 4. The van der Waals surface area contributed by atoms with Gasteiger partial charge in [0.05, 0.1) is 25.3 Å². The van der Waals surface area contributed by atoms with Gasteiger partial charge in [-0.2, -0.15) is 0 Å². The van der Waals surface area contributed by atoms with Gasteiger partial charge in [-0.1, -0.05) is 29.8 Å². The fourth-order valence-electron chi connectivity index (χ4n) is 2.94. The molecule has 9 nitrogen and oxygen atoms in total. The molecular formula is C23H27N3O6. The minimum absolute atomic E-state index is 0.128. The molecule has 0 fully saturated rings. The summed E-state index contributed by atoms with van der Waals surface area (Å²) in [7, 11) is 1.44. The van der Waals surface area contributed by atoms with Crippen molar-refractivity contribution >= 4 is 35.1 Å². The number of anilines is 2. The normalized spacial score (nSPS) is 11.1. The second-order valence-corrected chi connectivity index (χ2v) is 7.17. The monoisotopic (exact) mass is 441 g/mol. The van der Waals surface area contributed by atoms with E-state index in [1.807, 2.05) is 31.2 Å². The molecular weight excluding hydrogens is 414 g/mol. The average molecular weight is 441 g/mol. The molecule has 3 amide bonds. The lowest BCUT2D eigenvalue weighted by molar-refractivity contribution is -0.148. The molecule has 2 aromatic carbocycles. The molecule has 3 N–H and O–H groups in total. The number of aryl methyl sites for hydroxylation is 1. The fraction of sp³-hybridized carbons (Fsp3) is 0.304. The lowest BCUT2D eigenvalue weighted by Gasteiger charge is -2.18. The quantitative estimate of drug-likeness (QED) is 0.514. The number of methoxy groups -OCH3 is 1. The first-order chi connectivity index (χ1) is 15.2. The molecule has 0 aliphatic carbocycles.